The van der Waals surface area contributed by atoms with E-state index in [0.29, 0.717) is 12.3 Å². The van der Waals surface area contributed by atoms with Crippen LogP contribution >= 0.6 is 0 Å². The molecule has 0 heterocycles. The van der Waals surface area contributed by atoms with Crippen molar-refractivity contribution in [1.29, 1.82) is 0 Å². The molecule has 2 aliphatic carbocycles. The van der Waals surface area contributed by atoms with Crippen molar-refractivity contribution in [2.24, 2.45) is 17.8 Å². The van der Waals surface area contributed by atoms with Crippen LogP contribution in [0.15, 0.2) is 0 Å². The van der Waals surface area contributed by atoms with Gasteiger partial charge < -0.3 is 15.7 Å². The largest absolute Gasteiger partial charge is 0.480 e. The molecule has 0 spiro atoms. The Hall–Kier alpha value is -1.26. The van der Waals surface area contributed by atoms with Gasteiger partial charge in [-0.3, -0.25) is 0 Å². The number of carboxylic acids is 1. The van der Waals surface area contributed by atoms with Crippen LogP contribution in [0.2, 0.25) is 0 Å². The van der Waals surface area contributed by atoms with Gasteiger partial charge in [0.25, 0.3) is 0 Å². The SMILES string of the molecule is CCC[C@@H](NC(=O)NC(C)C1CC2CCC1C2)C(=O)O. The third kappa shape index (κ3) is 3.44. The summed E-state index contributed by atoms with van der Waals surface area (Å²) in [6.45, 7) is 3.95. The Balaban J connectivity index is 1.80. The van der Waals surface area contributed by atoms with Crippen LogP contribution in [0.4, 0.5) is 4.79 Å². The number of hydrogen-bond acceptors (Lipinski definition) is 2. The zero-order chi connectivity index (χ0) is 14.7. The van der Waals surface area contributed by atoms with Crippen molar-refractivity contribution < 1.29 is 14.7 Å². The maximum absolute atomic E-state index is 11.9. The van der Waals surface area contributed by atoms with Crippen molar-refractivity contribution in [1.82, 2.24) is 10.6 Å². The van der Waals surface area contributed by atoms with Crippen LogP contribution in [0.1, 0.15) is 52.4 Å². The number of carboxylic acid groups (broad SMARTS) is 1. The van der Waals surface area contributed by atoms with Crippen LogP contribution in [-0.4, -0.2) is 29.2 Å². The van der Waals surface area contributed by atoms with Crippen LogP contribution in [-0.2, 0) is 4.79 Å². The smallest absolute Gasteiger partial charge is 0.326 e. The van der Waals surface area contributed by atoms with Crippen molar-refractivity contribution in [2.75, 3.05) is 0 Å². The van der Waals surface area contributed by atoms with Gasteiger partial charge >= 0.3 is 12.0 Å². The van der Waals surface area contributed by atoms with E-state index >= 15 is 0 Å². The Morgan fingerprint density at radius 1 is 1.25 bits per heavy atom. The van der Waals surface area contributed by atoms with Gasteiger partial charge in [0.15, 0.2) is 0 Å². The first-order chi connectivity index (χ1) is 9.51. The third-order valence-corrected chi connectivity index (χ3v) is 4.97. The van der Waals surface area contributed by atoms with E-state index in [1.807, 2.05) is 13.8 Å². The number of aliphatic carboxylic acids is 1. The van der Waals surface area contributed by atoms with Gasteiger partial charge in [0, 0.05) is 6.04 Å². The second-order valence-electron chi connectivity index (χ2n) is 6.42. The van der Waals surface area contributed by atoms with E-state index in [4.69, 9.17) is 5.11 Å². The summed E-state index contributed by atoms with van der Waals surface area (Å²) in [6, 6.07) is -1.00. The molecule has 2 aliphatic rings. The molecule has 4 unspecified atom stereocenters. The van der Waals surface area contributed by atoms with Gasteiger partial charge in [-0.2, -0.15) is 0 Å². The maximum atomic E-state index is 11.9. The first-order valence-corrected chi connectivity index (χ1v) is 7.81. The van der Waals surface area contributed by atoms with Crippen molar-refractivity contribution >= 4 is 12.0 Å². The minimum Gasteiger partial charge on any atom is -0.480 e. The standard InChI is InChI=1S/C15H26N2O3/c1-3-4-13(14(18)19)17-15(20)16-9(2)12-8-10-5-6-11(12)7-10/h9-13H,3-8H2,1-2H3,(H,18,19)(H2,16,17,20)/t9?,10?,11?,12?,13-/m1/s1. The van der Waals surface area contributed by atoms with E-state index in [9.17, 15) is 9.59 Å². The van der Waals surface area contributed by atoms with Crippen molar-refractivity contribution in [2.45, 2.75) is 64.5 Å². The van der Waals surface area contributed by atoms with E-state index in [1.54, 1.807) is 0 Å². The number of hydrogen-bond donors (Lipinski definition) is 3. The molecule has 2 rings (SSSR count). The molecule has 0 aromatic rings. The Morgan fingerprint density at radius 3 is 2.50 bits per heavy atom. The lowest BCUT2D eigenvalue weighted by Crippen LogP contribution is -2.50. The highest BCUT2D eigenvalue weighted by Gasteiger charge is 2.42. The number of carbonyl (C=O) groups excluding carboxylic acids is 1. The highest BCUT2D eigenvalue weighted by atomic mass is 16.4. The fraction of sp³-hybridized carbons (Fsp3) is 0.867. The van der Waals surface area contributed by atoms with Gasteiger partial charge in [0.05, 0.1) is 0 Å². The monoisotopic (exact) mass is 282 g/mol. The van der Waals surface area contributed by atoms with Gasteiger partial charge in [0.1, 0.15) is 6.04 Å². The minimum atomic E-state index is -0.963. The lowest BCUT2D eigenvalue weighted by atomic mass is 9.84. The van der Waals surface area contributed by atoms with E-state index in [2.05, 4.69) is 10.6 Å². The van der Waals surface area contributed by atoms with E-state index < -0.39 is 12.0 Å². The van der Waals surface area contributed by atoms with Crippen molar-refractivity contribution in [3.05, 3.63) is 0 Å². The fourth-order valence-electron chi connectivity index (χ4n) is 3.97. The second kappa shape index (κ2) is 6.46. The number of carbonyl (C=O) groups is 2. The normalized spacial score (nSPS) is 30.8. The Morgan fingerprint density at radius 2 is 2.00 bits per heavy atom. The molecule has 0 radical (unpaired) electrons. The summed E-state index contributed by atoms with van der Waals surface area (Å²) in [5.74, 6) is 1.20. The molecule has 20 heavy (non-hydrogen) atoms. The van der Waals surface area contributed by atoms with Gasteiger partial charge in [-0.05, 0) is 50.4 Å². The summed E-state index contributed by atoms with van der Waals surface area (Å²) in [5.41, 5.74) is 0. The molecular weight excluding hydrogens is 256 g/mol. The Labute approximate surface area is 120 Å². The second-order valence-corrected chi connectivity index (χ2v) is 6.42. The van der Waals surface area contributed by atoms with E-state index in [1.165, 1.54) is 25.7 Å². The number of fused-ring (bicyclic) bond motifs is 2. The molecule has 5 atom stereocenters. The van der Waals surface area contributed by atoms with Crippen LogP contribution in [0.25, 0.3) is 0 Å². The molecule has 0 aliphatic heterocycles. The Bertz CT molecular complexity index is 372. The first-order valence-electron chi connectivity index (χ1n) is 7.81. The lowest BCUT2D eigenvalue weighted by molar-refractivity contribution is -0.139. The molecule has 2 saturated carbocycles. The zero-order valence-corrected chi connectivity index (χ0v) is 12.4. The number of amides is 2. The number of urea groups is 1. The van der Waals surface area contributed by atoms with Crippen LogP contribution in [0.5, 0.6) is 0 Å². The quantitative estimate of drug-likeness (QED) is 0.700. The van der Waals surface area contributed by atoms with Crippen LogP contribution < -0.4 is 10.6 Å². The average molecular weight is 282 g/mol. The predicted molar refractivity (Wildman–Crippen MR) is 76.4 cm³/mol. The van der Waals surface area contributed by atoms with Gasteiger partial charge in [0.2, 0.25) is 0 Å². The molecule has 0 saturated heterocycles. The Kier molecular flexibility index (Phi) is 4.89. The molecule has 114 valence electrons. The fourth-order valence-corrected chi connectivity index (χ4v) is 3.97. The molecule has 0 aromatic carbocycles. The van der Waals surface area contributed by atoms with Crippen molar-refractivity contribution in [3.63, 3.8) is 0 Å². The number of nitrogens with one attached hydrogen (secondary N) is 2. The topological polar surface area (TPSA) is 78.4 Å². The van der Waals surface area contributed by atoms with E-state index in [-0.39, 0.29) is 12.1 Å². The summed E-state index contributed by atoms with van der Waals surface area (Å²) in [5, 5.41) is 14.5. The third-order valence-electron chi connectivity index (χ3n) is 4.97. The summed E-state index contributed by atoms with van der Waals surface area (Å²) >= 11 is 0. The zero-order valence-electron chi connectivity index (χ0n) is 12.4. The highest BCUT2D eigenvalue weighted by Crippen LogP contribution is 2.49. The summed E-state index contributed by atoms with van der Waals surface area (Å²) < 4.78 is 0. The maximum Gasteiger partial charge on any atom is 0.326 e. The average Bonchev–Trinajstić information content (AvgIpc) is 3.00. The molecule has 5 nitrogen and oxygen atoms in total. The molecule has 2 bridgehead atoms. The first kappa shape index (κ1) is 15.1. The van der Waals surface area contributed by atoms with Crippen LogP contribution in [0.3, 0.4) is 0 Å². The van der Waals surface area contributed by atoms with Crippen LogP contribution in [0, 0.1) is 17.8 Å². The summed E-state index contributed by atoms with van der Waals surface area (Å²) in [7, 11) is 0. The summed E-state index contributed by atoms with van der Waals surface area (Å²) in [6.07, 6.45) is 6.36. The van der Waals surface area contributed by atoms with Gasteiger partial charge in [-0.1, -0.05) is 19.8 Å². The van der Waals surface area contributed by atoms with Gasteiger partial charge in [-0.15, -0.1) is 0 Å². The molecule has 5 heteroatoms. The lowest BCUT2D eigenvalue weighted by Gasteiger charge is -2.29. The molecule has 2 fully saturated rings. The van der Waals surface area contributed by atoms with Gasteiger partial charge in [-0.25, -0.2) is 9.59 Å². The van der Waals surface area contributed by atoms with Crippen molar-refractivity contribution in [3.8, 4) is 0 Å². The number of rotatable bonds is 6. The summed E-state index contributed by atoms with van der Waals surface area (Å²) in [4.78, 5) is 22.9. The molecular formula is C15H26N2O3. The molecule has 2 amide bonds. The van der Waals surface area contributed by atoms with E-state index in [0.717, 1.165) is 18.3 Å². The molecule has 0 aromatic heterocycles. The highest BCUT2D eigenvalue weighted by molar-refractivity contribution is 5.82. The predicted octanol–water partition coefficient (Wildman–Crippen LogP) is 2.36. The molecule has 3 N–H and O–H groups in total. The minimum absolute atomic E-state index is 0.126.